The van der Waals surface area contributed by atoms with Crippen LogP contribution < -0.4 is 0 Å². The van der Waals surface area contributed by atoms with Gasteiger partial charge in [-0.1, -0.05) is 0 Å². The Morgan fingerprint density at radius 2 is 1.75 bits per heavy atom. The second-order valence-electron chi connectivity index (χ2n) is 1.01. The van der Waals surface area contributed by atoms with Gasteiger partial charge in [-0.2, -0.15) is 0 Å². The first kappa shape index (κ1) is 12.8. The molecule has 0 rings (SSSR count). The molecular formula is C2H10BaO4Ti. The van der Waals surface area contributed by atoms with Crippen molar-refractivity contribution >= 4 is 48.9 Å². The molecule has 0 aliphatic heterocycles. The van der Waals surface area contributed by atoms with Crippen molar-refractivity contribution < 1.29 is 32.5 Å². The number of hydrogen-bond acceptors (Lipinski definition) is 4. The van der Waals surface area contributed by atoms with Crippen LogP contribution in [-0.2, 0) is 21.5 Å². The van der Waals surface area contributed by atoms with Gasteiger partial charge in [0.05, 0.1) is 0 Å². The molecule has 0 spiro atoms. The standard InChI is InChI=1S/C2H5O.Ba.3H2O.Ti.2H/c1-2-3;;;;;;;/h2H2,1H3;;3*1H2;;;/q-1;;;;;+4;;/p-3. The van der Waals surface area contributed by atoms with Crippen LogP contribution in [-0.4, -0.2) is 66.6 Å². The van der Waals surface area contributed by atoms with Crippen LogP contribution in [0.1, 0.15) is 6.92 Å². The minimum atomic E-state index is -4.58. The Morgan fingerprint density at radius 1 is 1.38 bits per heavy atom. The van der Waals surface area contributed by atoms with Gasteiger partial charge in [-0.05, 0) is 0 Å². The molecule has 0 amide bonds. The fraction of sp³-hybridized carbons (Fsp3) is 1.00. The molecule has 0 aliphatic carbocycles. The fourth-order valence-corrected chi connectivity index (χ4v) is 0.798. The van der Waals surface area contributed by atoms with Crippen molar-refractivity contribution in [2.75, 3.05) is 6.61 Å². The van der Waals surface area contributed by atoms with Crippen molar-refractivity contribution in [3.05, 3.63) is 0 Å². The van der Waals surface area contributed by atoms with Gasteiger partial charge in [0, 0.05) is 0 Å². The third-order valence-electron chi connectivity index (χ3n) is 0.338. The van der Waals surface area contributed by atoms with Gasteiger partial charge in [-0.15, -0.1) is 0 Å². The molecule has 3 N–H and O–H groups in total. The van der Waals surface area contributed by atoms with Crippen molar-refractivity contribution in [1.29, 1.82) is 0 Å². The summed E-state index contributed by atoms with van der Waals surface area (Å²) in [6.45, 7) is 1.71. The van der Waals surface area contributed by atoms with E-state index < -0.39 is 18.1 Å². The number of hydrogen-bond donors (Lipinski definition) is 3. The zero-order valence-corrected chi connectivity index (χ0v) is 5.52. The normalized spacial score (nSPS) is 10.5. The quantitative estimate of drug-likeness (QED) is 0.508. The summed E-state index contributed by atoms with van der Waals surface area (Å²) in [6.07, 6.45) is 0. The molecule has 0 atom stereocenters. The predicted octanol–water partition coefficient (Wildman–Crippen LogP) is -2.10. The molecule has 0 bridgehead atoms. The maximum absolute atomic E-state index is 8.09. The molecular weight excluding hydrogens is 273 g/mol. The molecule has 0 saturated heterocycles. The van der Waals surface area contributed by atoms with Gasteiger partial charge >= 0.3 is 94.9 Å². The van der Waals surface area contributed by atoms with Crippen LogP contribution >= 0.6 is 0 Å². The third-order valence-corrected chi connectivity index (χ3v) is 1.39. The van der Waals surface area contributed by atoms with Crippen molar-refractivity contribution in [1.82, 2.24) is 0 Å². The summed E-state index contributed by atoms with van der Waals surface area (Å²) >= 11 is -4.58. The van der Waals surface area contributed by atoms with Gasteiger partial charge in [-0.3, -0.25) is 0 Å². The van der Waals surface area contributed by atoms with Gasteiger partial charge in [0.25, 0.3) is 0 Å². The maximum atomic E-state index is 8.09. The molecule has 0 aromatic rings. The predicted molar refractivity (Wildman–Crippen MR) is 26.8 cm³/mol. The average molecular weight is 283 g/mol. The van der Waals surface area contributed by atoms with E-state index in [0.29, 0.717) is 0 Å². The first-order valence-corrected chi connectivity index (χ1v) is 4.60. The Hall–Kier alpha value is 2.13. The van der Waals surface area contributed by atoms with Crippen LogP contribution in [0.3, 0.4) is 0 Å². The summed E-state index contributed by atoms with van der Waals surface area (Å²) in [5.41, 5.74) is 0. The van der Waals surface area contributed by atoms with E-state index in [-0.39, 0.29) is 55.5 Å². The first-order chi connectivity index (χ1) is 3.06. The van der Waals surface area contributed by atoms with Crippen LogP contribution in [0.25, 0.3) is 0 Å². The molecule has 0 aromatic carbocycles. The number of rotatable bonds is 2. The second kappa shape index (κ2) is 5.88. The van der Waals surface area contributed by atoms with E-state index in [1.54, 1.807) is 6.92 Å². The van der Waals surface area contributed by atoms with E-state index in [1.165, 1.54) is 0 Å². The fourth-order valence-electron chi connectivity index (χ4n) is 0.194. The molecule has 0 aliphatic rings. The van der Waals surface area contributed by atoms with Gasteiger partial charge in [0.15, 0.2) is 0 Å². The van der Waals surface area contributed by atoms with Crippen molar-refractivity contribution in [2.45, 2.75) is 6.92 Å². The van der Waals surface area contributed by atoms with Gasteiger partial charge in [-0.25, -0.2) is 0 Å². The summed E-state index contributed by atoms with van der Waals surface area (Å²) in [7, 11) is 0. The van der Waals surface area contributed by atoms with E-state index >= 15 is 0 Å². The minimum absolute atomic E-state index is 0. The Balaban J connectivity index is 0. The monoisotopic (exact) mass is 284 g/mol. The van der Waals surface area contributed by atoms with E-state index in [1.807, 2.05) is 0 Å². The van der Waals surface area contributed by atoms with Gasteiger partial charge in [0.1, 0.15) is 0 Å². The van der Waals surface area contributed by atoms with Gasteiger partial charge < -0.3 is 0 Å². The molecule has 4 nitrogen and oxygen atoms in total. The Morgan fingerprint density at radius 3 is 1.75 bits per heavy atom. The van der Waals surface area contributed by atoms with E-state index in [9.17, 15) is 0 Å². The Bertz CT molecular complexity index is 52.5. The Labute approximate surface area is 93.2 Å². The van der Waals surface area contributed by atoms with E-state index in [4.69, 9.17) is 11.1 Å². The zero-order valence-electron chi connectivity index (χ0n) is 3.96. The second-order valence-corrected chi connectivity index (χ2v) is 3.25. The van der Waals surface area contributed by atoms with Crippen LogP contribution in [0.15, 0.2) is 0 Å². The molecule has 0 fully saturated rings. The van der Waals surface area contributed by atoms with Crippen LogP contribution in [0, 0.1) is 0 Å². The van der Waals surface area contributed by atoms with Crippen LogP contribution in [0.4, 0.5) is 0 Å². The summed E-state index contributed by atoms with van der Waals surface area (Å²) in [5, 5.41) is 0. The topological polar surface area (TPSA) is 69.9 Å². The van der Waals surface area contributed by atoms with Crippen LogP contribution in [0.5, 0.6) is 0 Å². The molecule has 0 unspecified atom stereocenters. The molecule has 8 heavy (non-hydrogen) atoms. The summed E-state index contributed by atoms with van der Waals surface area (Å²) in [6, 6.07) is 0. The first-order valence-electron chi connectivity index (χ1n) is 1.87. The van der Waals surface area contributed by atoms with E-state index in [0.717, 1.165) is 0 Å². The van der Waals surface area contributed by atoms with Crippen molar-refractivity contribution in [3.63, 3.8) is 0 Å². The molecule has 0 saturated carbocycles. The van der Waals surface area contributed by atoms with Crippen molar-refractivity contribution in [2.24, 2.45) is 0 Å². The zero-order chi connectivity index (χ0) is 5.91. The molecule has 6 heteroatoms. The SMILES string of the molecule is CC[O][Ti]([OH])([OH])[OH].[BaH2]. The summed E-state index contributed by atoms with van der Waals surface area (Å²) < 4.78 is 28.4. The summed E-state index contributed by atoms with van der Waals surface area (Å²) in [5.74, 6) is 0. The van der Waals surface area contributed by atoms with E-state index in [2.05, 4.69) is 3.32 Å². The van der Waals surface area contributed by atoms with Crippen molar-refractivity contribution in [3.8, 4) is 0 Å². The Kier molecular flexibility index (Phi) is 9.38. The van der Waals surface area contributed by atoms with Gasteiger partial charge in [0.2, 0.25) is 0 Å². The molecule has 0 aromatic heterocycles. The molecule has 48 valence electrons. The average Bonchev–Trinajstić information content (AvgIpc) is 1.30. The van der Waals surface area contributed by atoms with Crippen LogP contribution in [0.2, 0.25) is 0 Å². The molecule has 0 radical (unpaired) electrons. The third kappa shape index (κ3) is 11.0. The molecule has 0 heterocycles. The summed E-state index contributed by atoms with van der Waals surface area (Å²) in [4.78, 5) is 0.